The number of carbonyl (C=O) groups is 3. The van der Waals surface area contributed by atoms with Gasteiger partial charge in [0.1, 0.15) is 17.6 Å². The number of rotatable bonds is 6. The fraction of sp³-hybridized carbons (Fsp3) is 0.696. The third-order valence-corrected chi connectivity index (χ3v) is 7.00. The van der Waals surface area contributed by atoms with E-state index in [1.807, 2.05) is 31.2 Å². The Labute approximate surface area is 182 Å². The number of aliphatic hydroxyl groups is 1. The summed E-state index contributed by atoms with van der Waals surface area (Å²) < 4.78 is 11.9. The highest BCUT2D eigenvalue weighted by atomic mass is 16.6. The molecule has 8 nitrogen and oxygen atoms in total. The van der Waals surface area contributed by atoms with Gasteiger partial charge in [-0.2, -0.15) is 0 Å². The Morgan fingerprint density at radius 2 is 2.03 bits per heavy atom. The molecule has 4 rings (SSSR count). The predicted octanol–water partition coefficient (Wildman–Crippen LogP) is 1.04. The Morgan fingerprint density at radius 3 is 2.74 bits per heavy atom. The number of aliphatic hydroxyl groups excluding tert-OH is 1. The first-order valence-electron chi connectivity index (χ1n) is 11.4. The van der Waals surface area contributed by atoms with Crippen molar-refractivity contribution in [3.05, 3.63) is 24.3 Å². The molecule has 4 aliphatic heterocycles. The Hall–Kier alpha value is -2.19. The van der Waals surface area contributed by atoms with Crippen LogP contribution < -0.4 is 0 Å². The molecule has 1 N–H and O–H groups in total. The maximum absolute atomic E-state index is 13.8. The highest BCUT2D eigenvalue weighted by molar-refractivity contribution is 5.99. The lowest BCUT2D eigenvalue weighted by Crippen LogP contribution is -2.58. The summed E-state index contributed by atoms with van der Waals surface area (Å²) in [6.07, 6.45) is 9.68. The van der Waals surface area contributed by atoms with Crippen molar-refractivity contribution in [3.8, 4) is 0 Å². The maximum Gasteiger partial charge on any atom is 0.312 e. The van der Waals surface area contributed by atoms with Crippen molar-refractivity contribution in [1.29, 1.82) is 0 Å². The summed E-state index contributed by atoms with van der Waals surface area (Å²) in [5.41, 5.74) is -1.25. The van der Waals surface area contributed by atoms with Crippen molar-refractivity contribution in [1.82, 2.24) is 9.80 Å². The molecule has 2 fully saturated rings. The summed E-state index contributed by atoms with van der Waals surface area (Å²) in [6, 6.07) is -1.43. The Kier molecular flexibility index (Phi) is 6.21. The van der Waals surface area contributed by atoms with Crippen LogP contribution in [0.25, 0.3) is 0 Å². The van der Waals surface area contributed by atoms with Gasteiger partial charge < -0.3 is 24.4 Å². The second-order valence-electron chi connectivity index (χ2n) is 8.76. The molecule has 2 saturated heterocycles. The lowest BCUT2D eigenvalue weighted by molar-refractivity contribution is -0.156. The van der Waals surface area contributed by atoms with Gasteiger partial charge in [0.05, 0.1) is 31.3 Å². The zero-order valence-corrected chi connectivity index (χ0v) is 18.2. The van der Waals surface area contributed by atoms with Crippen LogP contribution in [0.4, 0.5) is 0 Å². The van der Waals surface area contributed by atoms with Crippen LogP contribution in [0.5, 0.6) is 0 Å². The molecule has 0 aromatic rings. The van der Waals surface area contributed by atoms with Crippen molar-refractivity contribution in [2.24, 2.45) is 11.8 Å². The molecule has 8 heteroatoms. The first kappa shape index (κ1) is 22.0. The third kappa shape index (κ3) is 3.40. The van der Waals surface area contributed by atoms with Crippen LogP contribution in [0.15, 0.2) is 24.3 Å². The molecule has 0 aromatic carbocycles. The maximum atomic E-state index is 13.8. The van der Waals surface area contributed by atoms with Gasteiger partial charge in [-0.1, -0.05) is 44.6 Å². The number of likely N-dealkylation sites (tertiary alicyclic amines) is 1. The van der Waals surface area contributed by atoms with Gasteiger partial charge in [-0.25, -0.2) is 0 Å². The predicted molar refractivity (Wildman–Crippen MR) is 112 cm³/mol. The van der Waals surface area contributed by atoms with Crippen LogP contribution in [0, 0.1) is 11.8 Å². The highest BCUT2D eigenvalue weighted by Crippen LogP contribution is 2.53. The molecule has 1 unspecified atom stereocenters. The lowest BCUT2D eigenvalue weighted by Gasteiger charge is -2.38. The highest BCUT2D eigenvalue weighted by Gasteiger charge is 2.72. The number of fused-ring (bicyclic) bond motifs is 2. The zero-order chi connectivity index (χ0) is 22.2. The Bertz CT molecular complexity index is 791. The van der Waals surface area contributed by atoms with Crippen molar-refractivity contribution in [3.63, 3.8) is 0 Å². The van der Waals surface area contributed by atoms with Crippen LogP contribution in [-0.4, -0.2) is 82.8 Å². The molecule has 4 aliphatic rings. The van der Waals surface area contributed by atoms with Crippen molar-refractivity contribution >= 4 is 17.8 Å². The van der Waals surface area contributed by atoms with E-state index >= 15 is 0 Å². The molecule has 0 aromatic heterocycles. The van der Waals surface area contributed by atoms with Gasteiger partial charge in [0.25, 0.3) is 0 Å². The van der Waals surface area contributed by atoms with E-state index in [1.165, 1.54) is 4.90 Å². The van der Waals surface area contributed by atoms with Gasteiger partial charge in [-0.05, 0) is 19.3 Å². The molecule has 0 bridgehead atoms. The van der Waals surface area contributed by atoms with E-state index < -0.39 is 41.6 Å². The number of cyclic esters (lactones) is 1. The first-order valence-corrected chi connectivity index (χ1v) is 11.4. The minimum absolute atomic E-state index is 0.187. The molecular formula is C23H32N2O6. The summed E-state index contributed by atoms with van der Waals surface area (Å²) in [4.78, 5) is 43.7. The number of nitrogens with zero attached hydrogens (tertiary/aromatic N) is 2. The van der Waals surface area contributed by atoms with Crippen molar-refractivity contribution in [2.75, 3.05) is 26.3 Å². The Balaban J connectivity index is 1.82. The zero-order valence-electron chi connectivity index (χ0n) is 18.2. The summed E-state index contributed by atoms with van der Waals surface area (Å²) in [5.74, 6) is -2.64. The fourth-order valence-electron chi connectivity index (χ4n) is 5.45. The lowest BCUT2D eigenvalue weighted by atomic mass is 9.77. The summed E-state index contributed by atoms with van der Waals surface area (Å²) >= 11 is 0. The number of carbonyl (C=O) groups excluding carboxylic acids is 3. The summed E-state index contributed by atoms with van der Waals surface area (Å²) in [7, 11) is 0. The largest absolute Gasteiger partial charge is 0.465 e. The molecule has 6 atom stereocenters. The smallest absolute Gasteiger partial charge is 0.312 e. The number of amides is 2. The van der Waals surface area contributed by atoms with Crippen molar-refractivity contribution < 1.29 is 29.0 Å². The molecule has 31 heavy (non-hydrogen) atoms. The quantitative estimate of drug-likeness (QED) is 0.498. The van der Waals surface area contributed by atoms with Crippen LogP contribution in [-0.2, 0) is 23.9 Å². The first-order chi connectivity index (χ1) is 15.0. The molecular weight excluding hydrogens is 400 g/mol. The molecule has 0 saturated carbocycles. The molecule has 2 amide bonds. The number of esters is 1. The van der Waals surface area contributed by atoms with Gasteiger partial charge >= 0.3 is 5.97 Å². The van der Waals surface area contributed by atoms with E-state index in [0.717, 1.165) is 12.8 Å². The number of hydrogen-bond acceptors (Lipinski definition) is 6. The van der Waals surface area contributed by atoms with E-state index in [2.05, 4.69) is 6.92 Å². The monoisotopic (exact) mass is 432 g/mol. The average molecular weight is 433 g/mol. The topological polar surface area (TPSA) is 96.4 Å². The number of unbranched alkanes of at least 4 members (excludes halogenated alkanes) is 1. The second-order valence-corrected chi connectivity index (χ2v) is 8.76. The van der Waals surface area contributed by atoms with E-state index in [9.17, 15) is 19.5 Å². The molecule has 1 spiro atoms. The minimum Gasteiger partial charge on any atom is -0.465 e. The van der Waals surface area contributed by atoms with Crippen LogP contribution in [0.3, 0.4) is 0 Å². The van der Waals surface area contributed by atoms with E-state index in [0.29, 0.717) is 25.9 Å². The molecule has 0 aliphatic carbocycles. The fourth-order valence-corrected chi connectivity index (χ4v) is 5.45. The van der Waals surface area contributed by atoms with Gasteiger partial charge in [-0.15, -0.1) is 0 Å². The van der Waals surface area contributed by atoms with Crippen molar-refractivity contribution in [2.45, 2.75) is 63.3 Å². The average Bonchev–Trinajstić information content (AvgIpc) is 3.13. The normalized spacial score (nSPS) is 35.8. The summed E-state index contributed by atoms with van der Waals surface area (Å²) in [5, 5.41) is 10.0. The van der Waals surface area contributed by atoms with Gasteiger partial charge in [0, 0.05) is 13.1 Å². The van der Waals surface area contributed by atoms with Crippen LogP contribution >= 0.6 is 0 Å². The molecule has 170 valence electrons. The third-order valence-electron chi connectivity index (χ3n) is 7.00. The van der Waals surface area contributed by atoms with E-state index in [-0.39, 0.29) is 25.0 Å². The standard InChI is InChI=1S/C23H32N2O6/c1-3-5-11-24-12-8-10-23-18(17-16(31-23)9-6-7-13-30-22(17)29)20(27)25(15(4-2)14-26)19(23)21(24)28/h6,8-10,15-19,26H,3-5,7,11-14H2,1-2H3/t15-,16-,17+,18-,19?,23-/m0/s1. The van der Waals surface area contributed by atoms with Gasteiger partial charge in [0.15, 0.2) is 0 Å². The second kappa shape index (κ2) is 8.74. The number of ether oxygens (including phenoxy) is 2. The van der Waals surface area contributed by atoms with Crippen LogP contribution in [0.1, 0.15) is 39.5 Å². The van der Waals surface area contributed by atoms with Gasteiger partial charge in [0.2, 0.25) is 11.8 Å². The van der Waals surface area contributed by atoms with Gasteiger partial charge in [-0.3, -0.25) is 14.4 Å². The number of hydrogen-bond donors (Lipinski definition) is 1. The minimum atomic E-state index is -1.25. The molecule has 0 radical (unpaired) electrons. The summed E-state index contributed by atoms with van der Waals surface area (Å²) in [6.45, 7) is 4.95. The SMILES string of the molecule is CCCCN1CC=C[C@]23O[C@H]4C=CCCOC(=O)[C@H]4[C@H]2C(=O)N([C@@H](CC)CO)C3C1=O. The molecule has 4 heterocycles. The Morgan fingerprint density at radius 1 is 1.23 bits per heavy atom. The van der Waals surface area contributed by atoms with Crippen LogP contribution in [0.2, 0.25) is 0 Å². The van der Waals surface area contributed by atoms with E-state index in [4.69, 9.17) is 9.47 Å². The van der Waals surface area contributed by atoms with E-state index in [1.54, 1.807) is 4.90 Å².